The van der Waals surface area contributed by atoms with E-state index in [1.54, 1.807) is 12.1 Å². The van der Waals surface area contributed by atoms with Crippen LogP contribution < -0.4 is 5.32 Å². The third-order valence-electron chi connectivity index (χ3n) is 4.20. The number of hydrogen-bond acceptors (Lipinski definition) is 4. The molecular formula is C18H22FN3OS. The smallest absolute Gasteiger partial charge is 0.240 e. The van der Waals surface area contributed by atoms with Gasteiger partial charge in [0.15, 0.2) is 5.13 Å². The van der Waals surface area contributed by atoms with Gasteiger partial charge in [-0.05, 0) is 42.5 Å². The van der Waals surface area contributed by atoms with Crippen LogP contribution in [-0.2, 0) is 4.79 Å². The van der Waals surface area contributed by atoms with Crippen LogP contribution in [0, 0.1) is 17.7 Å². The van der Waals surface area contributed by atoms with Crippen molar-refractivity contribution in [3.63, 3.8) is 0 Å². The maximum Gasteiger partial charge on any atom is 0.240 e. The summed E-state index contributed by atoms with van der Waals surface area (Å²) in [7, 11) is 0. The first kappa shape index (κ1) is 17.0. The van der Waals surface area contributed by atoms with Gasteiger partial charge in [-0.1, -0.05) is 13.8 Å². The van der Waals surface area contributed by atoms with Crippen LogP contribution >= 0.6 is 11.3 Å². The van der Waals surface area contributed by atoms with Gasteiger partial charge in [0.05, 0.1) is 12.2 Å². The van der Waals surface area contributed by atoms with Crippen molar-refractivity contribution in [3.05, 3.63) is 35.5 Å². The molecule has 128 valence electrons. The number of thiazole rings is 1. The van der Waals surface area contributed by atoms with E-state index in [9.17, 15) is 9.18 Å². The van der Waals surface area contributed by atoms with Crippen LogP contribution in [0.15, 0.2) is 29.6 Å². The van der Waals surface area contributed by atoms with Crippen molar-refractivity contribution in [2.75, 3.05) is 25.0 Å². The highest BCUT2D eigenvalue weighted by molar-refractivity contribution is 7.14. The summed E-state index contributed by atoms with van der Waals surface area (Å²) in [4.78, 5) is 18.9. The van der Waals surface area contributed by atoms with Crippen LogP contribution in [0.4, 0.5) is 9.52 Å². The van der Waals surface area contributed by atoms with Gasteiger partial charge in [0.1, 0.15) is 5.82 Å². The van der Waals surface area contributed by atoms with Gasteiger partial charge in [-0.15, -0.1) is 11.3 Å². The predicted molar refractivity (Wildman–Crippen MR) is 95.5 cm³/mol. The third-order valence-corrected chi connectivity index (χ3v) is 4.96. The molecule has 1 saturated heterocycles. The molecule has 0 aliphatic carbocycles. The van der Waals surface area contributed by atoms with E-state index in [4.69, 9.17) is 0 Å². The van der Waals surface area contributed by atoms with Gasteiger partial charge in [-0.2, -0.15) is 0 Å². The van der Waals surface area contributed by atoms with Gasteiger partial charge in [0.2, 0.25) is 5.91 Å². The number of halogens is 1. The summed E-state index contributed by atoms with van der Waals surface area (Å²) in [6.45, 7) is 6.81. The van der Waals surface area contributed by atoms with Gasteiger partial charge < -0.3 is 5.32 Å². The van der Waals surface area contributed by atoms with Crippen molar-refractivity contribution in [2.24, 2.45) is 11.8 Å². The fourth-order valence-electron chi connectivity index (χ4n) is 3.37. The molecule has 0 unspecified atom stereocenters. The van der Waals surface area contributed by atoms with Crippen LogP contribution in [-0.4, -0.2) is 35.4 Å². The van der Waals surface area contributed by atoms with Gasteiger partial charge in [0.25, 0.3) is 0 Å². The molecule has 6 heteroatoms. The van der Waals surface area contributed by atoms with Gasteiger partial charge in [-0.25, -0.2) is 9.37 Å². The second-order valence-corrected chi connectivity index (χ2v) is 7.59. The monoisotopic (exact) mass is 347 g/mol. The number of anilines is 1. The third kappa shape index (κ3) is 4.39. The van der Waals surface area contributed by atoms with E-state index in [0.29, 0.717) is 23.5 Å². The first-order valence-electron chi connectivity index (χ1n) is 8.23. The highest BCUT2D eigenvalue weighted by Gasteiger charge is 2.23. The Morgan fingerprint density at radius 2 is 1.96 bits per heavy atom. The second kappa shape index (κ2) is 7.40. The molecule has 0 saturated carbocycles. The molecule has 0 radical (unpaired) electrons. The zero-order valence-electron chi connectivity index (χ0n) is 14.0. The Balaban J connectivity index is 1.58. The maximum atomic E-state index is 13.0. The number of amides is 1. The molecule has 1 fully saturated rings. The Labute approximate surface area is 145 Å². The van der Waals surface area contributed by atoms with Crippen molar-refractivity contribution in [1.29, 1.82) is 0 Å². The number of carbonyl (C=O) groups is 1. The van der Waals surface area contributed by atoms with E-state index < -0.39 is 0 Å². The van der Waals surface area contributed by atoms with Crippen molar-refractivity contribution in [3.8, 4) is 11.3 Å². The molecule has 1 aromatic carbocycles. The number of nitrogens with zero attached hydrogens (tertiary/aromatic N) is 2. The highest BCUT2D eigenvalue weighted by atomic mass is 32.1. The Bertz CT molecular complexity index is 691. The number of piperidine rings is 1. The summed E-state index contributed by atoms with van der Waals surface area (Å²) in [5.74, 6) is 0.960. The van der Waals surface area contributed by atoms with E-state index >= 15 is 0 Å². The van der Waals surface area contributed by atoms with Crippen LogP contribution in [0.25, 0.3) is 11.3 Å². The number of likely N-dealkylation sites (tertiary alicyclic amines) is 1. The number of carbonyl (C=O) groups excluding carboxylic acids is 1. The van der Waals surface area contributed by atoms with E-state index in [1.165, 1.54) is 29.9 Å². The van der Waals surface area contributed by atoms with E-state index in [1.807, 2.05) is 5.38 Å². The van der Waals surface area contributed by atoms with E-state index in [2.05, 4.69) is 29.0 Å². The Hall–Kier alpha value is -1.79. The van der Waals surface area contributed by atoms with Crippen LogP contribution in [0.5, 0.6) is 0 Å². The average Bonchev–Trinajstić information content (AvgIpc) is 2.95. The molecule has 2 heterocycles. The highest BCUT2D eigenvalue weighted by Crippen LogP contribution is 2.25. The number of aromatic nitrogens is 1. The number of rotatable bonds is 4. The Morgan fingerprint density at radius 3 is 2.62 bits per heavy atom. The lowest BCUT2D eigenvalue weighted by molar-refractivity contribution is -0.117. The molecule has 0 spiro atoms. The lowest BCUT2D eigenvalue weighted by Crippen LogP contribution is -2.42. The molecule has 4 nitrogen and oxygen atoms in total. The summed E-state index contributed by atoms with van der Waals surface area (Å²) in [5, 5.41) is 5.32. The summed E-state index contributed by atoms with van der Waals surface area (Å²) in [6, 6.07) is 6.19. The van der Waals surface area contributed by atoms with Gasteiger partial charge >= 0.3 is 0 Å². The minimum atomic E-state index is -0.271. The van der Waals surface area contributed by atoms with Crippen molar-refractivity contribution < 1.29 is 9.18 Å². The van der Waals surface area contributed by atoms with E-state index in [-0.39, 0.29) is 11.7 Å². The topological polar surface area (TPSA) is 45.2 Å². The summed E-state index contributed by atoms with van der Waals surface area (Å²) in [6.07, 6.45) is 1.23. The SMILES string of the molecule is C[C@@H]1C[C@@H](C)CN(CC(=O)Nc2nc(-c3ccc(F)cc3)cs2)C1. The zero-order valence-corrected chi connectivity index (χ0v) is 14.8. The van der Waals surface area contributed by atoms with Crippen LogP contribution in [0.3, 0.4) is 0 Å². The number of benzene rings is 1. The Kier molecular flexibility index (Phi) is 5.26. The largest absolute Gasteiger partial charge is 0.301 e. The fraction of sp³-hybridized carbons (Fsp3) is 0.444. The molecule has 1 amide bonds. The molecule has 1 N–H and O–H groups in total. The minimum Gasteiger partial charge on any atom is -0.301 e. The van der Waals surface area contributed by atoms with E-state index in [0.717, 1.165) is 24.3 Å². The molecular weight excluding hydrogens is 325 g/mol. The molecule has 2 aromatic rings. The molecule has 1 aliphatic rings. The molecule has 3 rings (SSSR count). The maximum absolute atomic E-state index is 13.0. The minimum absolute atomic E-state index is 0.0312. The first-order valence-corrected chi connectivity index (χ1v) is 9.11. The summed E-state index contributed by atoms with van der Waals surface area (Å²) < 4.78 is 13.0. The lowest BCUT2D eigenvalue weighted by atomic mass is 9.92. The zero-order chi connectivity index (χ0) is 17.1. The quantitative estimate of drug-likeness (QED) is 0.913. The van der Waals surface area contributed by atoms with Crippen molar-refractivity contribution in [2.45, 2.75) is 20.3 Å². The number of nitrogens with one attached hydrogen (secondary N) is 1. The summed E-state index contributed by atoms with van der Waals surface area (Å²) in [5.41, 5.74) is 1.59. The van der Waals surface area contributed by atoms with Crippen LogP contribution in [0.1, 0.15) is 20.3 Å². The van der Waals surface area contributed by atoms with Crippen molar-refractivity contribution in [1.82, 2.24) is 9.88 Å². The second-order valence-electron chi connectivity index (χ2n) is 6.73. The molecule has 1 aliphatic heterocycles. The van der Waals surface area contributed by atoms with Crippen molar-refractivity contribution >= 4 is 22.4 Å². The number of hydrogen-bond donors (Lipinski definition) is 1. The van der Waals surface area contributed by atoms with Gasteiger partial charge in [0, 0.05) is 24.0 Å². The molecule has 2 atom stereocenters. The molecule has 24 heavy (non-hydrogen) atoms. The standard InChI is InChI=1S/C18H22FN3OS/c1-12-7-13(2)9-22(8-12)10-17(23)21-18-20-16(11-24-18)14-3-5-15(19)6-4-14/h3-6,11-13H,7-10H2,1-2H3,(H,20,21,23)/t12-,13-/m1/s1. The fourth-order valence-corrected chi connectivity index (χ4v) is 4.10. The lowest BCUT2D eigenvalue weighted by Gasteiger charge is -2.34. The first-order chi connectivity index (χ1) is 11.5. The predicted octanol–water partition coefficient (Wildman–Crippen LogP) is 3.87. The molecule has 0 bridgehead atoms. The average molecular weight is 347 g/mol. The molecule has 1 aromatic heterocycles. The van der Waals surface area contributed by atoms with Gasteiger partial charge in [-0.3, -0.25) is 9.69 Å². The summed E-state index contributed by atoms with van der Waals surface area (Å²) >= 11 is 1.38. The normalized spacial score (nSPS) is 21.6. The Morgan fingerprint density at radius 1 is 1.29 bits per heavy atom. The van der Waals surface area contributed by atoms with Crippen LogP contribution in [0.2, 0.25) is 0 Å².